The Morgan fingerprint density at radius 3 is 2.59 bits per heavy atom. The first kappa shape index (κ1) is 15.4. The molecule has 0 unspecified atom stereocenters. The summed E-state index contributed by atoms with van der Waals surface area (Å²) < 4.78 is 4.89. The van der Waals surface area contributed by atoms with Crippen LogP contribution in [-0.4, -0.2) is 29.7 Å². The number of carbonyl (C=O) groups is 2. The average molecular weight is 298 g/mol. The molecule has 0 fully saturated rings. The van der Waals surface area contributed by atoms with Crippen molar-refractivity contribution >= 4 is 24.0 Å². The number of ketones is 1. The molecule has 22 heavy (non-hydrogen) atoms. The Balaban J connectivity index is 1.93. The summed E-state index contributed by atoms with van der Waals surface area (Å²) in [5, 5.41) is 8.37. The van der Waals surface area contributed by atoms with Crippen LogP contribution in [0.1, 0.15) is 21.5 Å². The number of furan rings is 1. The molecule has 0 radical (unpaired) electrons. The average Bonchev–Trinajstić information content (AvgIpc) is 3.06. The summed E-state index contributed by atoms with van der Waals surface area (Å²) in [7, 11) is 0. The van der Waals surface area contributed by atoms with Crippen LogP contribution in [0.5, 0.6) is 0 Å². The standard InChI is InChI=1S/C16H14N2O4/c19-15(10-17-9-13-7-8-22-11-13)14-4-1-12(2-5-14)3-6-16(20)18-21/h1-9,11,21H,10H2,(H,18,20)/b6-3+,17-9?. The van der Waals surface area contributed by atoms with Gasteiger partial charge in [-0.15, -0.1) is 0 Å². The van der Waals surface area contributed by atoms with E-state index in [0.29, 0.717) is 5.56 Å². The first-order chi connectivity index (χ1) is 10.7. The molecule has 2 N–H and O–H groups in total. The Labute approximate surface area is 126 Å². The molecule has 0 aliphatic heterocycles. The van der Waals surface area contributed by atoms with Crippen LogP contribution in [-0.2, 0) is 4.79 Å². The van der Waals surface area contributed by atoms with Gasteiger partial charge >= 0.3 is 0 Å². The van der Waals surface area contributed by atoms with Gasteiger partial charge in [-0.05, 0) is 17.7 Å². The van der Waals surface area contributed by atoms with Crippen molar-refractivity contribution in [2.75, 3.05) is 6.54 Å². The predicted octanol–water partition coefficient (Wildman–Crippen LogP) is 2.10. The zero-order chi connectivity index (χ0) is 15.8. The van der Waals surface area contributed by atoms with Crippen LogP contribution in [0.15, 0.2) is 58.3 Å². The topological polar surface area (TPSA) is 91.9 Å². The van der Waals surface area contributed by atoms with Crippen molar-refractivity contribution in [2.24, 2.45) is 4.99 Å². The second kappa shape index (κ2) is 7.70. The molecule has 1 heterocycles. The van der Waals surface area contributed by atoms with Crippen molar-refractivity contribution < 1.29 is 19.2 Å². The van der Waals surface area contributed by atoms with Crippen LogP contribution >= 0.6 is 0 Å². The number of aliphatic imine (C=N–C) groups is 1. The molecule has 0 bridgehead atoms. The van der Waals surface area contributed by atoms with Gasteiger partial charge in [-0.25, -0.2) is 5.48 Å². The second-order valence-electron chi connectivity index (χ2n) is 4.38. The number of hydroxylamine groups is 1. The fourth-order valence-electron chi connectivity index (χ4n) is 1.66. The molecule has 6 heteroatoms. The minimum atomic E-state index is -0.617. The molecule has 1 aromatic heterocycles. The van der Waals surface area contributed by atoms with Crippen LogP contribution in [0.2, 0.25) is 0 Å². The fourth-order valence-corrected chi connectivity index (χ4v) is 1.66. The molecule has 2 rings (SSSR count). The molecule has 0 atom stereocenters. The summed E-state index contributed by atoms with van der Waals surface area (Å²) in [6.07, 6.45) is 7.36. The first-order valence-corrected chi connectivity index (χ1v) is 6.46. The van der Waals surface area contributed by atoms with E-state index in [2.05, 4.69) is 4.99 Å². The van der Waals surface area contributed by atoms with E-state index in [4.69, 9.17) is 9.62 Å². The maximum atomic E-state index is 11.9. The van der Waals surface area contributed by atoms with Crippen molar-refractivity contribution in [3.63, 3.8) is 0 Å². The lowest BCUT2D eigenvalue weighted by molar-refractivity contribution is -0.124. The normalized spacial score (nSPS) is 11.1. The van der Waals surface area contributed by atoms with E-state index >= 15 is 0 Å². The fraction of sp³-hybridized carbons (Fsp3) is 0.0625. The third-order valence-electron chi connectivity index (χ3n) is 2.79. The number of nitrogens with zero attached hydrogens (tertiary/aromatic N) is 1. The minimum Gasteiger partial charge on any atom is -0.472 e. The number of rotatable bonds is 6. The highest BCUT2D eigenvalue weighted by molar-refractivity contribution is 5.99. The van der Waals surface area contributed by atoms with E-state index in [1.165, 1.54) is 30.2 Å². The van der Waals surface area contributed by atoms with E-state index in [1.807, 2.05) is 0 Å². The zero-order valence-electron chi connectivity index (χ0n) is 11.6. The van der Waals surface area contributed by atoms with E-state index < -0.39 is 5.91 Å². The highest BCUT2D eigenvalue weighted by atomic mass is 16.5. The molecule has 1 aromatic carbocycles. The molecular weight excluding hydrogens is 284 g/mol. The maximum Gasteiger partial charge on any atom is 0.267 e. The number of hydrogen-bond acceptors (Lipinski definition) is 5. The third kappa shape index (κ3) is 4.53. The van der Waals surface area contributed by atoms with Crippen molar-refractivity contribution in [1.82, 2.24) is 5.48 Å². The molecule has 2 aromatic rings. The van der Waals surface area contributed by atoms with E-state index in [0.717, 1.165) is 11.1 Å². The van der Waals surface area contributed by atoms with Gasteiger partial charge in [0.25, 0.3) is 5.91 Å². The number of hydrogen-bond donors (Lipinski definition) is 2. The molecular formula is C16H14N2O4. The maximum absolute atomic E-state index is 11.9. The Hall–Kier alpha value is -2.99. The van der Waals surface area contributed by atoms with Gasteiger partial charge in [0, 0.05) is 23.4 Å². The van der Waals surface area contributed by atoms with Crippen molar-refractivity contribution in [2.45, 2.75) is 0 Å². The Morgan fingerprint density at radius 2 is 1.95 bits per heavy atom. The molecule has 0 spiro atoms. The lowest BCUT2D eigenvalue weighted by Crippen LogP contribution is -2.14. The van der Waals surface area contributed by atoms with Crippen molar-refractivity contribution in [3.8, 4) is 0 Å². The van der Waals surface area contributed by atoms with Gasteiger partial charge in [0.05, 0.1) is 12.5 Å². The summed E-state index contributed by atoms with van der Waals surface area (Å²) in [5.41, 5.74) is 3.57. The van der Waals surface area contributed by atoms with Crippen LogP contribution in [0.25, 0.3) is 6.08 Å². The lowest BCUT2D eigenvalue weighted by Gasteiger charge is -1.99. The zero-order valence-corrected chi connectivity index (χ0v) is 11.6. The number of carbonyl (C=O) groups excluding carboxylic acids is 2. The number of amides is 1. The number of Topliss-reactive ketones (excluding diaryl/α,β-unsaturated/α-hetero) is 1. The summed E-state index contributed by atoms with van der Waals surface area (Å²) >= 11 is 0. The van der Waals surface area contributed by atoms with Gasteiger partial charge in [0.2, 0.25) is 0 Å². The van der Waals surface area contributed by atoms with Gasteiger partial charge in [-0.1, -0.05) is 24.3 Å². The molecule has 0 aliphatic rings. The van der Waals surface area contributed by atoms with Crippen molar-refractivity contribution in [3.05, 3.63) is 65.6 Å². The van der Waals surface area contributed by atoms with Crippen LogP contribution in [0.3, 0.4) is 0 Å². The van der Waals surface area contributed by atoms with Crippen LogP contribution in [0, 0.1) is 0 Å². The quantitative estimate of drug-likeness (QED) is 0.281. The molecule has 0 aliphatic carbocycles. The Bertz CT molecular complexity index is 685. The number of nitrogens with one attached hydrogen (secondary N) is 1. The lowest BCUT2D eigenvalue weighted by atomic mass is 10.1. The first-order valence-electron chi connectivity index (χ1n) is 6.46. The van der Waals surface area contributed by atoms with Gasteiger partial charge in [-0.2, -0.15) is 0 Å². The molecule has 0 saturated carbocycles. The molecule has 112 valence electrons. The highest BCUT2D eigenvalue weighted by Gasteiger charge is 2.04. The second-order valence-corrected chi connectivity index (χ2v) is 4.38. The highest BCUT2D eigenvalue weighted by Crippen LogP contribution is 2.07. The molecule has 6 nitrogen and oxygen atoms in total. The summed E-state index contributed by atoms with van der Waals surface area (Å²) in [6, 6.07) is 8.47. The van der Waals surface area contributed by atoms with Gasteiger partial charge < -0.3 is 4.42 Å². The van der Waals surface area contributed by atoms with Crippen LogP contribution < -0.4 is 5.48 Å². The third-order valence-corrected chi connectivity index (χ3v) is 2.79. The summed E-state index contributed by atoms with van der Waals surface area (Å²) in [5.74, 6) is -0.725. The molecule has 0 saturated heterocycles. The Morgan fingerprint density at radius 1 is 1.18 bits per heavy atom. The smallest absolute Gasteiger partial charge is 0.267 e. The van der Waals surface area contributed by atoms with Gasteiger partial charge in [-0.3, -0.25) is 19.8 Å². The largest absolute Gasteiger partial charge is 0.472 e. The van der Waals surface area contributed by atoms with E-state index in [-0.39, 0.29) is 12.3 Å². The predicted molar refractivity (Wildman–Crippen MR) is 80.9 cm³/mol. The van der Waals surface area contributed by atoms with Crippen molar-refractivity contribution in [1.29, 1.82) is 0 Å². The van der Waals surface area contributed by atoms with E-state index in [9.17, 15) is 9.59 Å². The molecule has 1 amide bonds. The SMILES string of the molecule is O=C(/C=C/c1ccc(C(=O)CN=Cc2ccoc2)cc1)NO. The monoisotopic (exact) mass is 298 g/mol. The van der Waals surface area contributed by atoms with Crippen LogP contribution in [0.4, 0.5) is 0 Å². The number of benzene rings is 1. The summed E-state index contributed by atoms with van der Waals surface area (Å²) in [4.78, 5) is 26.8. The van der Waals surface area contributed by atoms with E-state index in [1.54, 1.807) is 36.5 Å². The van der Waals surface area contributed by atoms with Gasteiger partial charge in [0.1, 0.15) is 6.54 Å². The minimum absolute atomic E-state index is 0.0489. The van der Waals surface area contributed by atoms with Gasteiger partial charge in [0.15, 0.2) is 5.78 Å². The summed E-state index contributed by atoms with van der Waals surface area (Å²) in [6.45, 7) is 0.0489. The Kier molecular flexibility index (Phi) is 5.39.